The molecule has 21 heavy (non-hydrogen) atoms. The molecule has 2 amide bonds. The lowest BCUT2D eigenvalue weighted by Gasteiger charge is -2.28. The van der Waals surface area contributed by atoms with Gasteiger partial charge in [-0.2, -0.15) is 0 Å². The molecular weight excluding hydrogens is 268 g/mol. The van der Waals surface area contributed by atoms with E-state index < -0.39 is 0 Å². The normalized spacial score (nSPS) is 15.0. The van der Waals surface area contributed by atoms with Gasteiger partial charge in [-0.1, -0.05) is 0 Å². The van der Waals surface area contributed by atoms with Crippen LogP contribution in [0.4, 0.5) is 0 Å². The highest BCUT2D eigenvalue weighted by molar-refractivity contribution is 5.95. The minimum atomic E-state index is -0.0600. The molecule has 1 aliphatic rings. The number of furan rings is 1. The molecule has 1 aromatic heterocycles. The minimum absolute atomic E-state index is 0.0600. The molecule has 116 valence electrons. The first-order valence-electron chi connectivity index (χ1n) is 7.74. The Morgan fingerprint density at radius 2 is 2.00 bits per heavy atom. The van der Waals surface area contributed by atoms with Gasteiger partial charge >= 0.3 is 0 Å². The zero-order valence-electron chi connectivity index (χ0n) is 12.9. The smallest absolute Gasteiger partial charge is 0.257 e. The quantitative estimate of drug-likeness (QED) is 0.837. The van der Waals surface area contributed by atoms with Crippen LogP contribution in [-0.4, -0.2) is 47.8 Å². The predicted molar refractivity (Wildman–Crippen MR) is 80.1 cm³/mol. The summed E-state index contributed by atoms with van der Waals surface area (Å²) in [5.41, 5.74) is 0.585. The van der Waals surface area contributed by atoms with E-state index >= 15 is 0 Å². The van der Waals surface area contributed by atoms with E-state index in [1.54, 1.807) is 17.9 Å². The van der Waals surface area contributed by atoms with Gasteiger partial charge in [0.2, 0.25) is 5.91 Å². The largest absolute Gasteiger partial charge is 0.469 e. The Balaban J connectivity index is 1.89. The Morgan fingerprint density at radius 1 is 1.29 bits per heavy atom. The topological polar surface area (TPSA) is 53.8 Å². The highest BCUT2D eigenvalue weighted by Gasteiger charge is 2.21. The Hall–Kier alpha value is -1.78. The van der Waals surface area contributed by atoms with Crippen LogP contribution in [0.15, 0.2) is 16.7 Å². The van der Waals surface area contributed by atoms with Gasteiger partial charge in [0.15, 0.2) is 0 Å². The fourth-order valence-corrected chi connectivity index (χ4v) is 2.71. The third-order valence-electron chi connectivity index (χ3n) is 4.06. The minimum Gasteiger partial charge on any atom is -0.469 e. The Bertz CT molecular complexity index is 489. The number of hydrogen-bond donors (Lipinski definition) is 0. The van der Waals surface area contributed by atoms with Gasteiger partial charge in [0.05, 0.1) is 11.8 Å². The molecule has 5 heteroatoms. The third-order valence-corrected chi connectivity index (χ3v) is 4.06. The molecule has 0 aromatic carbocycles. The zero-order valence-corrected chi connectivity index (χ0v) is 12.9. The molecule has 1 aromatic rings. The van der Waals surface area contributed by atoms with E-state index in [1.165, 1.54) is 12.7 Å². The van der Waals surface area contributed by atoms with E-state index in [4.69, 9.17) is 4.42 Å². The molecule has 2 rings (SSSR count). The summed E-state index contributed by atoms with van der Waals surface area (Å²) in [6.45, 7) is 6.49. The maximum Gasteiger partial charge on any atom is 0.257 e. The van der Waals surface area contributed by atoms with Gasteiger partial charge in [0.1, 0.15) is 5.76 Å². The molecule has 1 saturated heterocycles. The summed E-state index contributed by atoms with van der Waals surface area (Å²) < 4.78 is 5.18. The van der Waals surface area contributed by atoms with Crippen molar-refractivity contribution in [1.29, 1.82) is 0 Å². The molecule has 5 nitrogen and oxygen atoms in total. The average molecular weight is 292 g/mol. The summed E-state index contributed by atoms with van der Waals surface area (Å²) >= 11 is 0. The van der Waals surface area contributed by atoms with Crippen molar-refractivity contribution >= 4 is 11.8 Å². The van der Waals surface area contributed by atoms with Crippen molar-refractivity contribution in [2.45, 2.75) is 39.5 Å². The first-order valence-corrected chi connectivity index (χ1v) is 7.74. The molecule has 0 spiro atoms. The number of piperidine rings is 1. The van der Waals surface area contributed by atoms with Crippen LogP contribution in [0.2, 0.25) is 0 Å². The lowest BCUT2D eigenvalue weighted by molar-refractivity contribution is -0.132. The van der Waals surface area contributed by atoms with Crippen molar-refractivity contribution in [3.63, 3.8) is 0 Å². The third kappa shape index (κ3) is 3.86. The highest BCUT2D eigenvalue weighted by atomic mass is 16.3. The molecule has 1 fully saturated rings. The molecule has 0 atom stereocenters. The number of carbonyl (C=O) groups is 2. The van der Waals surface area contributed by atoms with Crippen LogP contribution in [0.3, 0.4) is 0 Å². The van der Waals surface area contributed by atoms with Gasteiger partial charge in [0.25, 0.3) is 5.91 Å². The van der Waals surface area contributed by atoms with Crippen molar-refractivity contribution in [3.8, 4) is 0 Å². The van der Waals surface area contributed by atoms with Gasteiger partial charge in [-0.25, -0.2) is 0 Å². The lowest BCUT2D eigenvalue weighted by Crippen LogP contribution is -2.39. The second kappa shape index (κ2) is 7.29. The van der Waals surface area contributed by atoms with Crippen LogP contribution in [0, 0.1) is 6.92 Å². The van der Waals surface area contributed by atoms with E-state index in [9.17, 15) is 9.59 Å². The summed E-state index contributed by atoms with van der Waals surface area (Å²) in [7, 11) is 0. The molecule has 0 saturated carbocycles. The van der Waals surface area contributed by atoms with E-state index in [2.05, 4.69) is 0 Å². The van der Waals surface area contributed by atoms with Crippen LogP contribution in [0.1, 0.15) is 48.7 Å². The molecule has 0 N–H and O–H groups in total. The van der Waals surface area contributed by atoms with E-state index in [0.29, 0.717) is 30.8 Å². The summed E-state index contributed by atoms with van der Waals surface area (Å²) in [4.78, 5) is 28.2. The first kappa shape index (κ1) is 15.6. The fourth-order valence-electron chi connectivity index (χ4n) is 2.71. The highest BCUT2D eigenvalue weighted by Crippen LogP contribution is 2.14. The number of hydrogen-bond acceptors (Lipinski definition) is 3. The van der Waals surface area contributed by atoms with E-state index in [0.717, 1.165) is 25.9 Å². The van der Waals surface area contributed by atoms with Crippen molar-refractivity contribution in [2.24, 2.45) is 0 Å². The molecule has 1 aliphatic heterocycles. The molecule has 0 radical (unpaired) electrons. The molecular formula is C16H24N2O3. The SMILES string of the molecule is CCN(CCC(=O)N1CCCCC1)C(=O)c1ccoc1C. The number of aryl methyl sites for hydroxylation is 1. The van der Waals surface area contributed by atoms with Crippen molar-refractivity contribution in [3.05, 3.63) is 23.7 Å². The second-order valence-corrected chi connectivity index (χ2v) is 5.47. The van der Waals surface area contributed by atoms with Crippen LogP contribution in [-0.2, 0) is 4.79 Å². The Labute approximate surface area is 125 Å². The van der Waals surface area contributed by atoms with Gasteiger partial charge in [-0.05, 0) is 39.2 Å². The van der Waals surface area contributed by atoms with Gasteiger partial charge in [-0.3, -0.25) is 9.59 Å². The maximum atomic E-state index is 12.4. The van der Waals surface area contributed by atoms with Gasteiger partial charge in [0, 0.05) is 32.6 Å². The van der Waals surface area contributed by atoms with Crippen molar-refractivity contribution in [1.82, 2.24) is 9.80 Å². The van der Waals surface area contributed by atoms with Gasteiger partial charge in [-0.15, -0.1) is 0 Å². The molecule has 0 unspecified atom stereocenters. The summed E-state index contributed by atoms with van der Waals surface area (Å²) in [6, 6.07) is 1.69. The van der Waals surface area contributed by atoms with E-state index in [1.807, 2.05) is 11.8 Å². The number of nitrogens with zero attached hydrogens (tertiary/aromatic N) is 2. The Kier molecular flexibility index (Phi) is 5.42. The number of rotatable bonds is 5. The summed E-state index contributed by atoms with van der Waals surface area (Å²) in [5.74, 6) is 0.723. The first-order chi connectivity index (χ1) is 10.1. The van der Waals surface area contributed by atoms with Crippen molar-refractivity contribution < 1.29 is 14.0 Å². The van der Waals surface area contributed by atoms with Crippen LogP contribution in [0.5, 0.6) is 0 Å². The predicted octanol–water partition coefficient (Wildman–Crippen LogP) is 2.45. The number of likely N-dealkylation sites (tertiary alicyclic amines) is 1. The van der Waals surface area contributed by atoms with E-state index in [-0.39, 0.29) is 11.8 Å². The van der Waals surface area contributed by atoms with Gasteiger partial charge < -0.3 is 14.2 Å². The maximum absolute atomic E-state index is 12.4. The van der Waals surface area contributed by atoms with Crippen LogP contribution in [0.25, 0.3) is 0 Å². The molecule has 0 aliphatic carbocycles. The fraction of sp³-hybridized carbons (Fsp3) is 0.625. The Morgan fingerprint density at radius 3 is 2.57 bits per heavy atom. The number of carbonyl (C=O) groups excluding carboxylic acids is 2. The van der Waals surface area contributed by atoms with Crippen molar-refractivity contribution in [2.75, 3.05) is 26.2 Å². The monoisotopic (exact) mass is 292 g/mol. The van der Waals surface area contributed by atoms with Crippen LogP contribution < -0.4 is 0 Å². The number of amides is 2. The standard InChI is InChI=1S/C16H24N2O3/c1-3-17(16(20)14-8-12-21-13(14)2)11-7-15(19)18-9-5-4-6-10-18/h8,12H,3-7,9-11H2,1-2H3. The average Bonchev–Trinajstić information content (AvgIpc) is 2.94. The summed E-state index contributed by atoms with van der Waals surface area (Å²) in [6.07, 6.45) is 5.32. The lowest BCUT2D eigenvalue weighted by atomic mass is 10.1. The summed E-state index contributed by atoms with van der Waals surface area (Å²) in [5, 5.41) is 0. The molecule has 2 heterocycles. The van der Waals surface area contributed by atoms with Crippen LogP contribution >= 0.6 is 0 Å². The second-order valence-electron chi connectivity index (χ2n) is 5.47. The zero-order chi connectivity index (χ0) is 15.2. The molecule has 0 bridgehead atoms.